The van der Waals surface area contributed by atoms with Crippen LogP contribution in [0.4, 0.5) is 8.78 Å². The lowest BCUT2D eigenvalue weighted by Crippen LogP contribution is -2.27. The second-order valence-corrected chi connectivity index (χ2v) is 4.78. The van der Waals surface area contributed by atoms with Gasteiger partial charge in [0.2, 0.25) is 0 Å². The minimum Gasteiger partial charge on any atom is -0.455 e. The van der Waals surface area contributed by atoms with Crippen LogP contribution in [0.2, 0.25) is 0 Å². The van der Waals surface area contributed by atoms with Gasteiger partial charge in [-0.05, 0) is 19.1 Å². The maximum Gasteiger partial charge on any atom is 0.287 e. The summed E-state index contributed by atoms with van der Waals surface area (Å²) in [6.45, 7) is 1.68. The van der Waals surface area contributed by atoms with Gasteiger partial charge in [0, 0.05) is 0 Å². The van der Waals surface area contributed by atoms with Crippen molar-refractivity contribution >= 4 is 17.7 Å². The van der Waals surface area contributed by atoms with E-state index in [1.54, 1.807) is 6.92 Å². The summed E-state index contributed by atoms with van der Waals surface area (Å²) in [4.78, 5) is 11.9. The van der Waals surface area contributed by atoms with Gasteiger partial charge in [-0.2, -0.15) is 14.0 Å². The summed E-state index contributed by atoms with van der Waals surface area (Å²) in [5.41, 5.74) is 0. The fraction of sp³-hybridized carbons (Fsp3) is 0.400. The lowest BCUT2D eigenvalue weighted by atomic mass is 10.3. The number of nitrogens with one attached hydrogen (secondary N) is 2. The largest absolute Gasteiger partial charge is 0.455 e. The molecule has 0 spiro atoms. The molecule has 10 heteroatoms. The topological polar surface area (TPSA) is 96.7 Å². The van der Waals surface area contributed by atoms with Gasteiger partial charge in [0.15, 0.2) is 11.6 Å². The van der Waals surface area contributed by atoms with Crippen LogP contribution in [0.1, 0.15) is 35.1 Å². The van der Waals surface area contributed by atoms with Gasteiger partial charge in [0.1, 0.15) is 5.76 Å². The summed E-state index contributed by atoms with van der Waals surface area (Å²) in [6.07, 6.45) is 0. The molecule has 7 nitrogen and oxygen atoms in total. The summed E-state index contributed by atoms with van der Waals surface area (Å²) >= 11 is 0.430. The highest BCUT2D eigenvalue weighted by molar-refractivity contribution is 7.98. The van der Waals surface area contributed by atoms with E-state index in [1.165, 1.54) is 12.1 Å². The zero-order valence-electron chi connectivity index (χ0n) is 10.3. The number of nitrogens with zero attached hydrogens (tertiary/aromatic N) is 3. The minimum absolute atomic E-state index is 0.00530. The molecule has 2 heterocycles. The van der Waals surface area contributed by atoms with Gasteiger partial charge in [-0.3, -0.25) is 4.79 Å². The molecule has 0 aliphatic carbocycles. The van der Waals surface area contributed by atoms with Crippen LogP contribution in [0.25, 0.3) is 0 Å². The Morgan fingerprint density at radius 1 is 1.55 bits per heavy atom. The molecule has 2 aromatic heterocycles. The van der Waals surface area contributed by atoms with E-state index >= 15 is 0 Å². The standard InChI is InChI=1S/C10H11F2N5O2S/c1-5(8-14-16-17-15-8)13-9(18)7-3-2-6(19-7)4-20-10(11)12/h2-3,5,10H,4H2,1H3,(H,13,18)(H,14,15,16,17). The zero-order valence-corrected chi connectivity index (χ0v) is 11.2. The van der Waals surface area contributed by atoms with Crippen molar-refractivity contribution in [2.24, 2.45) is 0 Å². The number of tetrazole rings is 1. The molecule has 1 amide bonds. The lowest BCUT2D eigenvalue weighted by molar-refractivity contribution is 0.0909. The first-order chi connectivity index (χ1) is 9.56. The Bertz CT molecular complexity index is 560. The second kappa shape index (κ2) is 6.46. The summed E-state index contributed by atoms with van der Waals surface area (Å²) in [5, 5.41) is 15.7. The highest BCUT2D eigenvalue weighted by atomic mass is 32.2. The van der Waals surface area contributed by atoms with E-state index in [0.717, 1.165) is 0 Å². The molecule has 0 bridgehead atoms. The number of furan rings is 1. The number of alkyl halides is 2. The van der Waals surface area contributed by atoms with Crippen LogP contribution in [0, 0.1) is 0 Å². The van der Waals surface area contributed by atoms with Crippen molar-refractivity contribution in [3.63, 3.8) is 0 Å². The molecular weight excluding hydrogens is 292 g/mol. The minimum atomic E-state index is -2.48. The highest BCUT2D eigenvalue weighted by Crippen LogP contribution is 2.21. The highest BCUT2D eigenvalue weighted by Gasteiger charge is 2.17. The van der Waals surface area contributed by atoms with Crippen molar-refractivity contribution in [3.8, 4) is 0 Å². The Hall–Kier alpha value is -1.97. The smallest absolute Gasteiger partial charge is 0.287 e. The number of hydrogen-bond donors (Lipinski definition) is 2. The lowest BCUT2D eigenvalue weighted by Gasteiger charge is -2.07. The molecule has 1 unspecified atom stereocenters. The van der Waals surface area contributed by atoms with E-state index < -0.39 is 17.7 Å². The Labute approximate surface area is 116 Å². The number of aromatic amines is 1. The average molecular weight is 303 g/mol. The van der Waals surface area contributed by atoms with Crippen LogP contribution in [0.5, 0.6) is 0 Å². The number of carbonyl (C=O) groups is 1. The fourth-order valence-corrected chi connectivity index (χ4v) is 1.85. The van der Waals surface area contributed by atoms with Crippen molar-refractivity contribution < 1.29 is 18.0 Å². The number of amides is 1. The van der Waals surface area contributed by atoms with Gasteiger partial charge >= 0.3 is 0 Å². The van der Waals surface area contributed by atoms with Gasteiger partial charge < -0.3 is 9.73 Å². The average Bonchev–Trinajstić information content (AvgIpc) is 3.07. The quantitative estimate of drug-likeness (QED) is 0.843. The predicted molar refractivity (Wildman–Crippen MR) is 66.1 cm³/mol. The Kier molecular flexibility index (Phi) is 4.66. The number of aromatic nitrogens is 4. The normalized spacial score (nSPS) is 12.6. The number of rotatable bonds is 6. The number of thioether (sulfide) groups is 1. The third kappa shape index (κ3) is 3.76. The van der Waals surface area contributed by atoms with E-state index in [0.29, 0.717) is 23.3 Å². The summed E-state index contributed by atoms with van der Waals surface area (Å²) in [5.74, 6) is -2.26. The van der Waals surface area contributed by atoms with Crippen LogP contribution in [0.15, 0.2) is 16.5 Å². The molecule has 0 saturated heterocycles. The Balaban J connectivity index is 1.92. The van der Waals surface area contributed by atoms with Gasteiger partial charge in [0.05, 0.1) is 11.8 Å². The first kappa shape index (κ1) is 14.4. The van der Waals surface area contributed by atoms with E-state index in [9.17, 15) is 13.6 Å². The third-order valence-electron chi connectivity index (χ3n) is 2.33. The van der Waals surface area contributed by atoms with Gasteiger partial charge in [-0.1, -0.05) is 17.0 Å². The molecule has 0 aliphatic rings. The Morgan fingerprint density at radius 3 is 3.00 bits per heavy atom. The van der Waals surface area contributed by atoms with Crippen LogP contribution in [-0.2, 0) is 5.75 Å². The van der Waals surface area contributed by atoms with E-state index in [-0.39, 0.29) is 11.5 Å². The number of hydrogen-bond acceptors (Lipinski definition) is 6. The molecule has 2 aromatic rings. The molecule has 0 saturated carbocycles. The summed E-state index contributed by atoms with van der Waals surface area (Å²) in [7, 11) is 0. The molecule has 0 aliphatic heterocycles. The van der Waals surface area contributed by atoms with Crippen LogP contribution < -0.4 is 5.32 Å². The van der Waals surface area contributed by atoms with Crippen LogP contribution >= 0.6 is 11.8 Å². The number of halogens is 2. The van der Waals surface area contributed by atoms with Crippen molar-refractivity contribution in [2.75, 3.05) is 0 Å². The maximum atomic E-state index is 12.0. The fourth-order valence-electron chi connectivity index (χ4n) is 1.41. The molecule has 2 N–H and O–H groups in total. The van der Waals surface area contributed by atoms with E-state index in [2.05, 4.69) is 25.9 Å². The monoisotopic (exact) mass is 303 g/mol. The maximum absolute atomic E-state index is 12.0. The van der Waals surface area contributed by atoms with Crippen molar-refractivity contribution in [1.29, 1.82) is 0 Å². The molecular formula is C10H11F2N5O2S. The molecule has 0 radical (unpaired) electrons. The second-order valence-electron chi connectivity index (χ2n) is 3.80. The predicted octanol–water partition coefficient (Wildman–Crippen LogP) is 1.74. The van der Waals surface area contributed by atoms with Gasteiger partial charge in [0.25, 0.3) is 11.7 Å². The molecule has 0 aromatic carbocycles. The number of carbonyl (C=O) groups excluding carboxylic acids is 1. The van der Waals surface area contributed by atoms with Crippen molar-refractivity contribution in [3.05, 3.63) is 29.5 Å². The molecule has 0 fully saturated rings. The van der Waals surface area contributed by atoms with Crippen LogP contribution in [0.3, 0.4) is 0 Å². The van der Waals surface area contributed by atoms with E-state index in [4.69, 9.17) is 4.42 Å². The third-order valence-corrected chi connectivity index (χ3v) is 3.04. The molecule has 1 atom stereocenters. The van der Waals surface area contributed by atoms with Crippen molar-refractivity contribution in [1.82, 2.24) is 25.9 Å². The first-order valence-corrected chi connectivity index (χ1v) is 6.64. The zero-order chi connectivity index (χ0) is 14.5. The summed E-state index contributed by atoms with van der Waals surface area (Å²) in [6, 6.07) is 2.47. The van der Waals surface area contributed by atoms with Gasteiger partial charge in [-0.25, -0.2) is 0 Å². The van der Waals surface area contributed by atoms with Gasteiger partial charge in [-0.15, -0.1) is 10.2 Å². The Morgan fingerprint density at radius 2 is 2.35 bits per heavy atom. The first-order valence-electron chi connectivity index (χ1n) is 5.59. The molecule has 2 rings (SSSR count). The summed E-state index contributed by atoms with van der Waals surface area (Å²) < 4.78 is 29.3. The molecule has 108 valence electrons. The van der Waals surface area contributed by atoms with Crippen molar-refractivity contribution in [2.45, 2.75) is 24.5 Å². The van der Waals surface area contributed by atoms with E-state index in [1.807, 2.05) is 0 Å². The number of H-pyrrole nitrogens is 1. The SMILES string of the molecule is CC(NC(=O)c1ccc(CSC(F)F)o1)c1nn[nH]n1. The molecule has 20 heavy (non-hydrogen) atoms. The van der Waals surface area contributed by atoms with Crippen LogP contribution in [-0.4, -0.2) is 32.3 Å².